The van der Waals surface area contributed by atoms with Gasteiger partial charge in [0.15, 0.2) is 0 Å². The number of aliphatic hydroxyl groups is 1. The van der Waals surface area contributed by atoms with Gasteiger partial charge in [-0.1, -0.05) is 0 Å². The van der Waals surface area contributed by atoms with Crippen LogP contribution in [0, 0.1) is 5.41 Å². The van der Waals surface area contributed by atoms with Crippen molar-refractivity contribution in [2.24, 2.45) is 5.41 Å². The average Bonchev–Trinajstić information content (AvgIpc) is 2.79. The molecule has 0 amide bonds. The molecule has 1 spiro atoms. The SMILES string of the molecule is CSCC1(O)CCNCC12CC2.Cl. The summed E-state index contributed by atoms with van der Waals surface area (Å²) in [5.74, 6) is 0.911. The van der Waals surface area contributed by atoms with Crippen LogP contribution >= 0.6 is 24.2 Å². The van der Waals surface area contributed by atoms with Crippen molar-refractivity contribution >= 4 is 24.2 Å². The Hall–Kier alpha value is 0.560. The average molecular weight is 224 g/mol. The van der Waals surface area contributed by atoms with Crippen LogP contribution in [0.1, 0.15) is 19.3 Å². The fraction of sp³-hybridized carbons (Fsp3) is 1.00. The van der Waals surface area contributed by atoms with E-state index >= 15 is 0 Å². The zero-order valence-electron chi connectivity index (χ0n) is 8.01. The molecule has 2 nitrogen and oxygen atoms in total. The molecule has 1 aliphatic carbocycles. The van der Waals surface area contributed by atoms with Crippen molar-refractivity contribution in [2.45, 2.75) is 24.9 Å². The van der Waals surface area contributed by atoms with E-state index in [2.05, 4.69) is 11.6 Å². The molecule has 0 radical (unpaired) electrons. The molecule has 13 heavy (non-hydrogen) atoms. The second kappa shape index (κ2) is 3.97. The van der Waals surface area contributed by atoms with E-state index in [4.69, 9.17) is 0 Å². The van der Waals surface area contributed by atoms with Crippen LogP contribution in [0.15, 0.2) is 0 Å². The van der Waals surface area contributed by atoms with Gasteiger partial charge in [0.1, 0.15) is 0 Å². The van der Waals surface area contributed by atoms with Gasteiger partial charge in [0.2, 0.25) is 0 Å². The van der Waals surface area contributed by atoms with E-state index in [0.29, 0.717) is 0 Å². The highest BCUT2D eigenvalue weighted by atomic mass is 35.5. The van der Waals surface area contributed by atoms with Crippen molar-refractivity contribution in [1.82, 2.24) is 5.32 Å². The molecule has 0 aromatic heterocycles. The highest BCUT2D eigenvalue weighted by Crippen LogP contribution is 2.56. The molecule has 2 rings (SSSR count). The van der Waals surface area contributed by atoms with Gasteiger partial charge in [-0.25, -0.2) is 0 Å². The molecule has 2 fully saturated rings. The molecule has 1 saturated carbocycles. The van der Waals surface area contributed by atoms with E-state index in [1.165, 1.54) is 12.8 Å². The summed E-state index contributed by atoms with van der Waals surface area (Å²) in [7, 11) is 0. The summed E-state index contributed by atoms with van der Waals surface area (Å²) in [5.41, 5.74) is -0.105. The lowest BCUT2D eigenvalue weighted by Crippen LogP contribution is -2.53. The van der Waals surface area contributed by atoms with E-state index in [1.54, 1.807) is 11.8 Å². The van der Waals surface area contributed by atoms with Gasteiger partial charge in [-0.3, -0.25) is 0 Å². The molecule has 0 aromatic carbocycles. The van der Waals surface area contributed by atoms with E-state index < -0.39 is 0 Å². The Balaban J connectivity index is 0.000000845. The molecule has 0 aromatic rings. The Kier molecular flexibility index (Phi) is 3.55. The first-order chi connectivity index (χ1) is 5.72. The lowest BCUT2D eigenvalue weighted by Gasteiger charge is -2.40. The van der Waals surface area contributed by atoms with Gasteiger partial charge in [0, 0.05) is 17.7 Å². The fourth-order valence-electron chi connectivity index (χ4n) is 2.31. The lowest BCUT2D eigenvalue weighted by molar-refractivity contribution is -0.0335. The van der Waals surface area contributed by atoms with Crippen LogP contribution < -0.4 is 5.32 Å². The molecule has 78 valence electrons. The summed E-state index contributed by atoms with van der Waals surface area (Å²) in [6.07, 6.45) is 5.46. The smallest absolute Gasteiger partial charge is 0.0817 e. The van der Waals surface area contributed by atoms with Crippen LogP contribution in [0.25, 0.3) is 0 Å². The number of hydrogen-bond donors (Lipinski definition) is 2. The zero-order valence-corrected chi connectivity index (χ0v) is 9.64. The minimum absolute atomic E-state index is 0. The lowest BCUT2D eigenvalue weighted by atomic mass is 9.80. The molecule has 1 aliphatic heterocycles. The predicted molar refractivity (Wildman–Crippen MR) is 59.7 cm³/mol. The first-order valence-electron chi connectivity index (χ1n) is 4.65. The maximum atomic E-state index is 10.4. The van der Waals surface area contributed by atoms with Gasteiger partial charge in [-0.2, -0.15) is 11.8 Å². The number of nitrogens with one attached hydrogen (secondary N) is 1. The van der Waals surface area contributed by atoms with E-state index in [1.807, 2.05) is 0 Å². The Labute approximate surface area is 90.3 Å². The van der Waals surface area contributed by atoms with Crippen LogP contribution in [0.5, 0.6) is 0 Å². The number of halogens is 1. The summed E-state index contributed by atoms with van der Waals surface area (Å²) >= 11 is 1.77. The maximum Gasteiger partial charge on any atom is 0.0817 e. The van der Waals surface area contributed by atoms with Gasteiger partial charge < -0.3 is 10.4 Å². The summed E-state index contributed by atoms with van der Waals surface area (Å²) in [6.45, 7) is 2.02. The van der Waals surface area contributed by atoms with Gasteiger partial charge in [-0.05, 0) is 32.1 Å². The monoisotopic (exact) mass is 223 g/mol. The van der Waals surface area contributed by atoms with Crippen molar-refractivity contribution in [3.63, 3.8) is 0 Å². The molecule has 2 aliphatic rings. The highest BCUT2D eigenvalue weighted by Gasteiger charge is 2.59. The van der Waals surface area contributed by atoms with Crippen LogP contribution in [-0.4, -0.2) is 35.8 Å². The van der Waals surface area contributed by atoms with Crippen molar-refractivity contribution in [1.29, 1.82) is 0 Å². The van der Waals surface area contributed by atoms with Gasteiger partial charge in [0.05, 0.1) is 5.60 Å². The third kappa shape index (κ3) is 1.84. The largest absolute Gasteiger partial charge is 0.388 e. The van der Waals surface area contributed by atoms with Crippen molar-refractivity contribution in [3.05, 3.63) is 0 Å². The normalized spacial score (nSPS) is 35.5. The van der Waals surface area contributed by atoms with E-state index in [-0.39, 0.29) is 23.4 Å². The Morgan fingerprint density at radius 3 is 2.62 bits per heavy atom. The first-order valence-corrected chi connectivity index (χ1v) is 6.04. The molecule has 1 atom stereocenters. The number of piperidine rings is 1. The van der Waals surface area contributed by atoms with E-state index in [9.17, 15) is 5.11 Å². The first kappa shape index (κ1) is 11.6. The third-order valence-corrected chi connectivity index (χ3v) is 4.17. The predicted octanol–water partition coefficient (Wildman–Crippen LogP) is 1.28. The molecule has 1 unspecified atom stereocenters. The molecule has 4 heteroatoms. The second-order valence-electron chi connectivity index (χ2n) is 4.17. The van der Waals surface area contributed by atoms with Crippen molar-refractivity contribution < 1.29 is 5.11 Å². The zero-order chi connectivity index (χ0) is 8.66. The van der Waals surface area contributed by atoms with Gasteiger partial charge in [0.25, 0.3) is 0 Å². The standard InChI is InChI=1S/C9H17NOS.ClH/c1-12-7-9(11)4-5-10-6-8(9)2-3-8;/h10-11H,2-7H2,1H3;1H. The van der Waals surface area contributed by atoms with E-state index in [0.717, 1.165) is 25.3 Å². The molecule has 0 bridgehead atoms. The molecule has 1 saturated heterocycles. The topological polar surface area (TPSA) is 32.3 Å². The minimum atomic E-state index is -0.363. The Morgan fingerprint density at radius 1 is 1.38 bits per heavy atom. The summed E-state index contributed by atoms with van der Waals surface area (Å²) in [4.78, 5) is 0. The quantitative estimate of drug-likeness (QED) is 0.740. The number of hydrogen-bond acceptors (Lipinski definition) is 3. The van der Waals surface area contributed by atoms with Crippen molar-refractivity contribution in [3.8, 4) is 0 Å². The maximum absolute atomic E-state index is 10.4. The summed E-state index contributed by atoms with van der Waals surface area (Å²) in [5, 5.41) is 13.8. The van der Waals surface area contributed by atoms with Crippen LogP contribution in [0.3, 0.4) is 0 Å². The van der Waals surface area contributed by atoms with Crippen LogP contribution in [-0.2, 0) is 0 Å². The van der Waals surface area contributed by atoms with Gasteiger partial charge in [-0.15, -0.1) is 12.4 Å². The highest BCUT2D eigenvalue weighted by molar-refractivity contribution is 7.98. The molecule has 2 N–H and O–H groups in total. The molecule has 1 heterocycles. The van der Waals surface area contributed by atoms with Crippen molar-refractivity contribution in [2.75, 3.05) is 25.1 Å². The minimum Gasteiger partial charge on any atom is -0.388 e. The molecular formula is C9H18ClNOS. The Morgan fingerprint density at radius 2 is 2.08 bits per heavy atom. The van der Waals surface area contributed by atoms with Gasteiger partial charge >= 0.3 is 0 Å². The molecular weight excluding hydrogens is 206 g/mol. The number of thioether (sulfide) groups is 1. The van der Waals surface area contributed by atoms with Crippen LogP contribution in [0.2, 0.25) is 0 Å². The second-order valence-corrected chi connectivity index (χ2v) is 5.04. The third-order valence-electron chi connectivity index (χ3n) is 3.40. The fourth-order valence-corrected chi connectivity index (χ4v) is 3.24. The Bertz CT molecular complexity index is 182. The summed E-state index contributed by atoms with van der Waals surface area (Å²) in [6, 6.07) is 0. The summed E-state index contributed by atoms with van der Waals surface area (Å²) < 4.78 is 0. The number of rotatable bonds is 2. The van der Waals surface area contributed by atoms with Crippen LogP contribution in [0.4, 0.5) is 0 Å².